The van der Waals surface area contributed by atoms with E-state index in [2.05, 4.69) is 72.1 Å². The molecule has 3 nitrogen and oxygen atoms in total. The highest BCUT2D eigenvalue weighted by atomic mass is 16.1. The molecule has 0 bridgehead atoms. The third kappa shape index (κ3) is 2.06. The molecule has 138 valence electrons. The van der Waals surface area contributed by atoms with Gasteiger partial charge in [-0.1, -0.05) is 41.5 Å². The summed E-state index contributed by atoms with van der Waals surface area (Å²) < 4.78 is 0. The molecule has 2 atom stereocenters. The second-order valence-corrected chi connectivity index (χ2v) is 11.2. The van der Waals surface area contributed by atoms with Crippen molar-refractivity contribution in [2.24, 2.45) is 21.7 Å². The van der Waals surface area contributed by atoms with E-state index in [0.717, 1.165) is 19.5 Å². The summed E-state index contributed by atoms with van der Waals surface area (Å²) in [4.78, 5) is 18.3. The standard InChI is InChI=1S/C21H38N2O/c1-10-22-12-21(13-22)19(8,9)20(21)11-15(16(24)17(2,3)4)23(14-20)18(5,6)7/h15H,10-14H2,1-9H3/t15-,20+/m0/s1. The van der Waals surface area contributed by atoms with Gasteiger partial charge in [-0.3, -0.25) is 9.69 Å². The van der Waals surface area contributed by atoms with Crippen LogP contribution in [0.15, 0.2) is 0 Å². The summed E-state index contributed by atoms with van der Waals surface area (Å²) in [5.41, 5.74) is 0.892. The Morgan fingerprint density at radius 3 is 1.96 bits per heavy atom. The molecule has 3 rings (SSSR count). The van der Waals surface area contributed by atoms with E-state index in [1.165, 1.54) is 13.1 Å². The minimum atomic E-state index is -0.263. The fourth-order valence-electron chi connectivity index (χ4n) is 6.04. The van der Waals surface area contributed by atoms with Crippen LogP contribution in [-0.4, -0.2) is 53.3 Å². The molecule has 1 aliphatic carbocycles. The van der Waals surface area contributed by atoms with Gasteiger partial charge >= 0.3 is 0 Å². The minimum Gasteiger partial charge on any atom is -0.302 e. The summed E-state index contributed by atoms with van der Waals surface area (Å²) in [6, 6.07) is 0.0827. The second-order valence-electron chi connectivity index (χ2n) is 11.2. The van der Waals surface area contributed by atoms with E-state index in [0.29, 0.717) is 22.0 Å². The van der Waals surface area contributed by atoms with E-state index in [1.807, 2.05) is 0 Å². The molecule has 3 fully saturated rings. The molecule has 0 unspecified atom stereocenters. The molecule has 3 aliphatic rings. The van der Waals surface area contributed by atoms with Crippen LogP contribution >= 0.6 is 0 Å². The van der Waals surface area contributed by atoms with Crippen molar-refractivity contribution in [3.8, 4) is 0 Å². The smallest absolute Gasteiger partial charge is 0.155 e. The molecule has 0 aromatic heterocycles. The van der Waals surface area contributed by atoms with Crippen LogP contribution in [0.4, 0.5) is 0 Å². The topological polar surface area (TPSA) is 23.6 Å². The van der Waals surface area contributed by atoms with Gasteiger partial charge in [-0.15, -0.1) is 0 Å². The number of ketones is 1. The van der Waals surface area contributed by atoms with Gasteiger partial charge in [0.2, 0.25) is 0 Å². The Bertz CT molecular complexity index is 545. The summed E-state index contributed by atoms with van der Waals surface area (Å²) in [5.74, 6) is 0.429. The summed E-state index contributed by atoms with van der Waals surface area (Å²) >= 11 is 0. The van der Waals surface area contributed by atoms with Crippen LogP contribution in [0.1, 0.15) is 68.7 Å². The van der Waals surface area contributed by atoms with E-state index in [9.17, 15) is 4.79 Å². The van der Waals surface area contributed by atoms with Crippen LogP contribution in [0.5, 0.6) is 0 Å². The molecule has 0 N–H and O–H groups in total. The van der Waals surface area contributed by atoms with Crippen molar-refractivity contribution in [3.63, 3.8) is 0 Å². The van der Waals surface area contributed by atoms with E-state index in [4.69, 9.17) is 0 Å². The zero-order valence-electron chi connectivity index (χ0n) is 17.4. The van der Waals surface area contributed by atoms with E-state index in [1.54, 1.807) is 0 Å². The second kappa shape index (κ2) is 4.85. The predicted molar refractivity (Wildman–Crippen MR) is 100 cm³/mol. The van der Waals surface area contributed by atoms with Crippen LogP contribution in [0, 0.1) is 21.7 Å². The lowest BCUT2D eigenvalue weighted by molar-refractivity contribution is -0.132. The third-order valence-corrected chi connectivity index (χ3v) is 7.94. The van der Waals surface area contributed by atoms with Crippen molar-refractivity contribution < 1.29 is 4.79 Å². The van der Waals surface area contributed by atoms with Gasteiger partial charge in [0.05, 0.1) is 6.04 Å². The van der Waals surface area contributed by atoms with Crippen molar-refractivity contribution in [2.75, 3.05) is 26.2 Å². The van der Waals surface area contributed by atoms with Gasteiger partial charge in [0.1, 0.15) is 0 Å². The average Bonchev–Trinajstić information content (AvgIpc) is 2.70. The SMILES string of the molecule is CCN1CC2(C1)C(C)(C)[C@]21C[C@@H](C(=O)C(C)(C)C)N(C(C)(C)C)C1. The van der Waals surface area contributed by atoms with E-state index < -0.39 is 0 Å². The van der Waals surface area contributed by atoms with Crippen molar-refractivity contribution in [2.45, 2.75) is 80.3 Å². The maximum Gasteiger partial charge on any atom is 0.155 e. The first kappa shape index (κ1) is 18.4. The monoisotopic (exact) mass is 334 g/mol. The highest BCUT2D eigenvalue weighted by Gasteiger charge is 2.86. The molecule has 0 aromatic rings. The lowest BCUT2D eigenvalue weighted by Crippen LogP contribution is -2.52. The Balaban J connectivity index is 1.93. The Hall–Kier alpha value is -0.410. The number of hydrogen-bond acceptors (Lipinski definition) is 3. The van der Waals surface area contributed by atoms with Gasteiger partial charge < -0.3 is 4.90 Å². The lowest BCUT2D eigenvalue weighted by Gasteiger charge is -2.43. The van der Waals surface area contributed by atoms with Crippen molar-refractivity contribution >= 4 is 5.78 Å². The van der Waals surface area contributed by atoms with Gasteiger partial charge in [0.15, 0.2) is 5.78 Å². The first-order valence-corrected chi connectivity index (χ1v) is 9.77. The minimum absolute atomic E-state index is 0.0448. The number of carbonyl (C=O) groups excluding carboxylic acids is 1. The van der Waals surface area contributed by atoms with Crippen molar-refractivity contribution in [3.05, 3.63) is 0 Å². The molecule has 0 radical (unpaired) electrons. The van der Waals surface area contributed by atoms with Gasteiger partial charge in [-0.25, -0.2) is 0 Å². The summed E-state index contributed by atoms with van der Waals surface area (Å²) in [6.45, 7) is 24.9. The Morgan fingerprint density at radius 1 is 1.00 bits per heavy atom. The van der Waals surface area contributed by atoms with Crippen molar-refractivity contribution in [1.29, 1.82) is 0 Å². The molecule has 2 aliphatic heterocycles. The maximum absolute atomic E-state index is 13.2. The van der Waals surface area contributed by atoms with Gasteiger partial charge in [-0.2, -0.15) is 0 Å². The zero-order chi connectivity index (χ0) is 18.3. The summed E-state index contributed by atoms with van der Waals surface area (Å²) in [5, 5.41) is 0. The first-order valence-electron chi connectivity index (χ1n) is 9.77. The highest BCUT2D eigenvalue weighted by molar-refractivity contribution is 5.89. The fraction of sp³-hybridized carbons (Fsp3) is 0.952. The van der Waals surface area contributed by atoms with Crippen LogP contribution in [0.2, 0.25) is 0 Å². The number of carbonyl (C=O) groups is 1. The number of nitrogens with zero attached hydrogens (tertiary/aromatic N) is 2. The number of likely N-dealkylation sites (tertiary alicyclic amines) is 2. The molecule has 1 saturated carbocycles. The van der Waals surface area contributed by atoms with Gasteiger partial charge in [0.25, 0.3) is 0 Å². The molecular formula is C21H38N2O. The largest absolute Gasteiger partial charge is 0.302 e. The number of Topliss-reactive ketones (excluding diaryl/α,β-unsaturated/α-hetero) is 1. The first-order chi connectivity index (χ1) is 10.7. The van der Waals surface area contributed by atoms with Crippen LogP contribution in [0.3, 0.4) is 0 Å². The Kier molecular flexibility index (Phi) is 3.72. The van der Waals surface area contributed by atoms with Gasteiger partial charge in [-0.05, 0) is 44.6 Å². The zero-order valence-corrected chi connectivity index (χ0v) is 17.4. The summed E-state index contributed by atoms with van der Waals surface area (Å²) in [6.07, 6.45) is 1.06. The molecule has 24 heavy (non-hydrogen) atoms. The van der Waals surface area contributed by atoms with Crippen molar-refractivity contribution in [1.82, 2.24) is 9.80 Å². The van der Waals surface area contributed by atoms with Gasteiger partial charge in [0, 0.05) is 36.0 Å². The molecule has 0 amide bonds. The molecule has 2 saturated heterocycles. The molecule has 2 spiro atoms. The third-order valence-electron chi connectivity index (χ3n) is 7.94. The molecule has 0 aromatic carbocycles. The molecule has 2 heterocycles. The predicted octanol–water partition coefficient (Wildman–Crippen LogP) is 3.82. The lowest BCUT2D eigenvalue weighted by atomic mass is 9.80. The molecule has 3 heteroatoms. The van der Waals surface area contributed by atoms with Crippen LogP contribution < -0.4 is 0 Å². The Labute approximate surface area is 149 Å². The van der Waals surface area contributed by atoms with E-state index in [-0.39, 0.29) is 17.0 Å². The number of rotatable bonds is 2. The maximum atomic E-state index is 13.2. The summed E-state index contributed by atoms with van der Waals surface area (Å²) in [7, 11) is 0. The number of fused-ring (bicyclic) bond motifs is 1. The molecular weight excluding hydrogens is 296 g/mol. The van der Waals surface area contributed by atoms with E-state index >= 15 is 0 Å². The number of hydrogen-bond donors (Lipinski definition) is 0. The normalized spacial score (nSPS) is 35.5. The Morgan fingerprint density at radius 2 is 1.54 bits per heavy atom. The quantitative estimate of drug-likeness (QED) is 0.767. The van der Waals surface area contributed by atoms with Crippen LogP contribution in [0.25, 0.3) is 0 Å². The van der Waals surface area contributed by atoms with Crippen LogP contribution in [-0.2, 0) is 4.79 Å². The highest BCUT2D eigenvalue weighted by Crippen LogP contribution is 2.84. The fourth-order valence-corrected chi connectivity index (χ4v) is 6.04. The average molecular weight is 335 g/mol.